The van der Waals surface area contributed by atoms with Crippen LogP contribution < -0.4 is 5.32 Å². The summed E-state index contributed by atoms with van der Waals surface area (Å²) in [7, 11) is 0. The van der Waals surface area contributed by atoms with Crippen LogP contribution in [0.15, 0.2) is 18.2 Å². The van der Waals surface area contributed by atoms with Crippen LogP contribution >= 0.6 is 11.6 Å². The van der Waals surface area contributed by atoms with Gasteiger partial charge >= 0.3 is 0 Å². The zero-order valence-corrected chi connectivity index (χ0v) is 11.3. The standard InChI is InChI=1S/C13H20ClNO2/c1-9(2)13(3,17)8-15-7-10-4-11(14)6-12(16)5-10/h4-6,9,15-17H,7-8H2,1-3H3. The van der Waals surface area contributed by atoms with Crippen molar-refractivity contribution in [3.63, 3.8) is 0 Å². The van der Waals surface area contributed by atoms with Gasteiger partial charge in [0.25, 0.3) is 0 Å². The van der Waals surface area contributed by atoms with E-state index in [9.17, 15) is 10.2 Å². The van der Waals surface area contributed by atoms with Crippen molar-refractivity contribution in [2.45, 2.75) is 32.9 Å². The average molecular weight is 258 g/mol. The number of nitrogens with one attached hydrogen (secondary N) is 1. The van der Waals surface area contributed by atoms with Gasteiger partial charge in [0.05, 0.1) is 5.60 Å². The monoisotopic (exact) mass is 257 g/mol. The molecule has 0 bridgehead atoms. The molecule has 0 aliphatic carbocycles. The molecule has 1 rings (SSSR count). The first-order valence-corrected chi connectivity index (χ1v) is 6.10. The molecule has 0 aliphatic heterocycles. The second-order valence-corrected chi connectivity index (χ2v) is 5.37. The van der Waals surface area contributed by atoms with E-state index in [0.29, 0.717) is 18.1 Å². The van der Waals surface area contributed by atoms with Crippen molar-refractivity contribution in [3.8, 4) is 5.75 Å². The van der Waals surface area contributed by atoms with Crippen molar-refractivity contribution in [2.75, 3.05) is 6.54 Å². The SMILES string of the molecule is CC(C)C(C)(O)CNCc1cc(O)cc(Cl)c1. The Balaban J connectivity index is 2.51. The number of benzene rings is 1. The number of rotatable bonds is 5. The summed E-state index contributed by atoms with van der Waals surface area (Å²) in [6.07, 6.45) is 0. The lowest BCUT2D eigenvalue weighted by Crippen LogP contribution is -2.41. The van der Waals surface area contributed by atoms with Gasteiger partial charge in [0.1, 0.15) is 5.75 Å². The van der Waals surface area contributed by atoms with E-state index in [2.05, 4.69) is 5.32 Å². The van der Waals surface area contributed by atoms with Crippen LogP contribution in [-0.2, 0) is 6.54 Å². The maximum absolute atomic E-state index is 10.0. The Kier molecular flexibility index (Phi) is 4.80. The zero-order chi connectivity index (χ0) is 13.1. The summed E-state index contributed by atoms with van der Waals surface area (Å²) in [4.78, 5) is 0. The molecule has 4 heteroatoms. The van der Waals surface area contributed by atoms with Crippen LogP contribution in [0, 0.1) is 5.92 Å². The molecular formula is C13H20ClNO2. The summed E-state index contributed by atoms with van der Waals surface area (Å²) in [5.41, 5.74) is 0.162. The molecule has 0 fully saturated rings. The highest BCUT2D eigenvalue weighted by molar-refractivity contribution is 6.30. The molecule has 0 saturated carbocycles. The molecule has 1 atom stereocenters. The Morgan fingerprint density at radius 1 is 1.35 bits per heavy atom. The topological polar surface area (TPSA) is 52.5 Å². The third kappa shape index (κ3) is 4.54. The smallest absolute Gasteiger partial charge is 0.117 e. The van der Waals surface area contributed by atoms with Crippen LogP contribution in [0.3, 0.4) is 0 Å². The van der Waals surface area contributed by atoms with Crippen LogP contribution in [0.2, 0.25) is 5.02 Å². The minimum absolute atomic E-state index is 0.157. The predicted molar refractivity (Wildman–Crippen MR) is 70.3 cm³/mol. The molecule has 0 radical (unpaired) electrons. The lowest BCUT2D eigenvalue weighted by atomic mass is 9.92. The third-order valence-electron chi connectivity index (χ3n) is 3.00. The Labute approximate surface area is 107 Å². The van der Waals surface area contributed by atoms with Crippen LogP contribution in [0.4, 0.5) is 0 Å². The van der Waals surface area contributed by atoms with Gasteiger partial charge < -0.3 is 15.5 Å². The molecule has 96 valence electrons. The minimum Gasteiger partial charge on any atom is -0.508 e. The normalized spacial score (nSPS) is 14.9. The second kappa shape index (κ2) is 5.71. The van der Waals surface area contributed by atoms with Gasteiger partial charge in [-0.3, -0.25) is 0 Å². The van der Waals surface area contributed by atoms with Gasteiger partial charge in [-0.05, 0) is 36.6 Å². The fourth-order valence-corrected chi connectivity index (χ4v) is 1.65. The number of phenols is 1. The maximum Gasteiger partial charge on any atom is 0.117 e. The van der Waals surface area contributed by atoms with E-state index in [1.54, 1.807) is 19.1 Å². The molecule has 1 aromatic carbocycles. The fraction of sp³-hybridized carbons (Fsp3) is 0.538. The van der Waals surface area contributed by atoms with Crippen LogP contribution in [0.25, 0.3) is 0 Å². The largest absolute Gasteiger partial charge is 0.508 e. The first kappa shape index (κ1) is 14.3. The summed E-state index contributed by atoms with van der Waals surface area (Å²) in [5, 5.41) is 23.1. The number of aromatic hydroxyl groups is 1. The van der Waals surface area contributed by atoms with E-state index < -0.39 is 5.60 Å². The van der Waals surface area contributed by atoms with Gasteiger partial charge in [0.2, 0.25) is 0 Å². The molecule has 0 saturated heterocycles. The van der Waals surface area contributed by atoms with E-state index in [-0.39, 0.29) is 11.7 Å². The van der Waals surface area contributed by atoms with Gasteiger partial charge in [0.15, 0.2) is 0 Å². The number of hydrogen-bond donors (Lipinski definition) is 3. The molecular weight excluding hydrogens is 238 g/mol. The first-order valence-electron chi connectivity index (χ1n) is 5.73. The van der Waals surface area contributed by atoms with Crippen molar-refractivity contribution in [2.24, 2.45) is 5.92 Å². The van der Waals surface area contributed by atoms with E-state index in [4.69, 9.17) is 11.6 Å². The average Bonchev–Trinajstić information content (AvgIpc) is 2.15. The molecule has 0 amide bonds. The molecule has 0 heterocycles. The van der Waals surface area contributed by atoms with E-state index in [1.807, 2.05) is 13.8 Å². The summed E-state index contributed by atoms with van der Waals surface area (Å²) in [5.74, 6) is 0.340. The van der Waals surface area contributed by atoms with Crippen LogP contribution in [-0.4, -0.2) is 22.4 Å². The van der Waals surface area contributed by atoms with Gasteiger partial charge in [0, 0.05) is 18.1 Å². The van der Waals surface area contributed by atoms with E-state index >= 15 is 0 Å². The minimum atomic E-state index is -0.735. The highest BCUT2D eigenvalue weighted by atomic mass is 35.5. The molecule has 1 aromatic rings. The molecule has 17 heavy (non-hydrogen) atoms. The fourth-order valence-electron chi connectivity index (χ4n) is 1.40. The van der Waals surface area contributed by atoms with Crippen molar-refractivity contribution in [1.82, 2.24) is 5.32 Å². The van der Waals surface area contributed by atoms with E-state index in [0.717, 1.165) is 5.56 Å². The summed E-state index contributed by atoms with van der Waals surface area (Å²) < 4.78 is 0. The van der Waals surface area contributed by atoms with Crippen molar-refractivity contribution in [3.05, 3.63) is 28.8 Å². The number of hydrogen-bond acceptors (Lipinski definition) is 3. The Hall–Kier alpha value is -0.770. The van der Waals surface area contributed by atoms with Gasteiger partial charge in [-0.15, -0.1) is 0 Å². The number of aliphatic hydroxyl groups is 1. The van der Waals surface area contributed by atoms with Gasteiger partial charge in [-0.2, -0.15) is 0 Å². The molecule has 3 N–H and O–H groups in total. The van der Waals surface area contributed by atoms with E-state index in [1.165, 1.54) is 6.07 Å². The van der Waals surface area contributed by atoms with Crippen molar-refractivity contribution >= 4 is 11.6 Å². The third-order valence-corrected chi connectivity index (χ3v) is 3.22. The summed E-state index contributed by atoms with van der Waals surface area (Å²) >= 11 is 5.83. The molecule has 1 unspecified atom stereocenters. The highest BCUT2D eigenvalue weighted by Gasteiger charge is 2.23. The van der Waals surface area contributed by atoms with Crippen molar-refractivity contribution in [1.29, 1.82) is 0 Å². The van der Waals surface area contributed by atoms with Crippen LogP contribution in [0.1, 0.15) is 26.3 Å². The molecule has 0 aromatic heterocycles. The first-order chi connectivity index (χ1) is 7.81. The predicted octanol–water partition coefficient (Wildman–Crippen LogP) is 2.54. The van der Waals surface area contributed by atoms with Crippen LogP contribution in [0.5, 0.6) is 5.75 Å². The highest BCUT2D eigenvalue weighted by Crippen LogP contribution is 2.20. The van der Waals surface area contributed by atoms with Gasteiger partial charge in [-0.1, -0.05) is 25.4 Å². The quantitative estimate of drug-likeness (QED) is 0.760. The Morgan fingerprint density at radius 2 is 2.00 bits per heavy atom. The van der Waals surface area contributed by atoms with Crippen molar-refractivity contribution < 1.29 is 10.2 Å². The lowest BCUT2D eigenvalue weighted by molar-refractivity contribution is 0.0140. The zero-order valence-electron chi connectivity index (χ0n) is 10.5. The Morgan fingerprint density at radius 3 is 2.53 bits per heavy atom. The van der Waals surface area contributed by atoms with Gasteiger partial charge in [-0.25, -0.2) is 0 Å². The number of phenolic OH excluding ortho intramolecular Hbond substituents is 1. The second-order valence-electron chi connectivity index (χ2n) is 4.93. The molecule has 0 aliphatic rings. The maximum atomic E-state index is 10.0. The summed E-state index contributed by atoms with van der Waals surface area (Å²) in [6.45, 7) is 6.83. The number of halogens is 1. The molecule has 3 nitrogen and oxygen atoms in total. The Bertz CT molecular complexity index is 357. The molecule has 0 spiro atoms. The lowest BCUT2D eigenvalue weighted by Gasteiger charge is -2.28. The summed E-state index contributed by atoms with van der Waals surface area (Å²) in [6, 6.07) is 4.94.